The normalized spacial score (nSPS) is 13.2. The first kappa shape index (κ1) is 18.2. The average molecular weight is 378 g/mol. The number of hydrogen-bond donors (Lipinski definition) is 3. The minimum Gasteiger partial charge on any atom is -0.489 e. The summed E-state index contributed by atoms with van der Waals surface area (Å²) in [6, 6.07) is 11.7. The number of nitrogens with zero attached hydrogens (tertiary/aromatic N) is 1. The summed E-state index contributed by atoms with van der Waals surface area (Å²) in [6.07, 6.45) is 3.39. The maximum absolute atomic E-state index is 12.7. The van der Waals surface area contributed by atoms with Gasteiger partial charge in [0.2, 0.25) is 0 Å². The van der Waals surface area contributed by atoms with E-state index in [9.17, 15) is 4.79 Å². The third-order valence-electron chi connectivity index (χ3n) is 4.59. The lowest BCUT2D eigenvalue weighted by Crippen LogP contribution is -2.29. The molecule has 0 aliphatic carbocycles. The second-order valence-electron chi connectivity index (χ2n) is 6.46. The van der Waals surface area contributed by atoms with Crippen molar-refractivity contribution in [3.05, 3.63) is 60.0 Å². The van der Waals surface area contributed by atoms with E-state index >= 15 is 0 Å². The predicted octanol–water partition coefficient (Wildman–Crippen LogP) is 3.13. The van der Waals surface area contributed by atoms with Crippen molar-refractivity contribution in [1.29, 1.82) is 0 Å². The van der Waals surface area contributed by atoms with Crippen LogP contribution in [0.2, 0.25) is 0 Å². The van der Waals surface area contributed by atoms with Gasteiger partial charge in [-0.25, -0.2) is 0 Å². The summed E-state index contributed by atoms with van der Waals surface area (Å²) >= 11 is 0. The first-order valence-corrected chi connectivity index (χ1v) is 9.15. The Hall–Kier alpha value is -3.16. The summed E-state index contributed by atoms with van der Waals surface area (Å²) in [6.45, 7) is 1.82. The molecule has 3 N–H and O–H groups in total. The first-order valence-electron chi connectivity index (χ1n) is 9.15. The third kappa shape index (κ3) is 3.62. The molecule has 0 atom stereocenters. The van der Waals surface area contributed by atoms with E-state index in [2.05, 4.69) is 20.6 Å². The maximum atomic E-state index is 12.7. The van der Waals surface area contributed by atoms with Crippen LogP contribution in [0.25, 0.3) is 11.3 Å². The Balaban J connectivity index is 1.80. The van der Waals surface area contributed by atoms with Crippen LogP contribution in [0.3, 0.4) is 0 Å². The standard InChI is InChI=1S/C21H22N4O3/c1-27-9-10-28-18-13-22-8-7-15(18)20-21(24-14-5-3-2-4-6-14)19-16(25-20)11-23-12-17(19)26/h2-8,13,23-25H,9-12H2,1H3. The lowest BCUT2D eigenvalue weighted by atomic mass is 10.0. The minimum absolute atomic E-state index is 0.0538. The Morgan fingerprint density at radius 1 is 1.14 bits per heavy atom. The van der Waals surface area contributed by atoms with E-state index in [1.165, 1.54) is 0 Å². The summed E-state index contributed by atoms with van der Waals surface area (Å²) in [4.78, 5) is 20.3. The molecule has 0 unspecified atom stereocenters. The smallest absolute Gasteiger partial charge is 0.180 e. The fourth-order valence-electron chi connectivity index (χ4n) is 3.31. The summed E-state index contributed by atoms with van der Waals surface area (Å²) < 4.78 is 10.9. The number of hydrogen-bond acceptors (Lipinski definition) is 6. The SMILES string of the molecule is COCCOc1cnccc1-c1[nH]c2c(c1Nc1ccccc1)C(=O)CNC2. The summed E-state index contributed by atoms with van der Waals surface area (Å²) in [5.41, 5.74) is 4.87. The molecule has 3 heterocycles. The molecule has 144 valence electrons. The van der Waals surface area contributed by atoms with Gasteiger partial charge in [-0.15, -0.1) is 0 Å². The summed E-state index contributed by atoms with van der Waals surface area (Å²) in [7, 11) is 1.63. The molecule has 4 rings (SSSR count). The lowest BCUT2D eigenvalue weighted by Gasteiger charge is -2.15. The zero-order chi connectivity index (χ0) is 19.3. The van der Waals surface area contributed by atoms with E-state index in [1.807, 2.05) is 36.4 Å². The quantitative estimate of drug-likeness (QED) is 0.548. The zero-order valence-corrected chi connectivity index (χ0v) is 15.6. The van der Waals surface area contributed by atoms with Gasteiger partial charge in [-0.3, -0.25) is 9.78 Å². The Morgan fingerprint density at radius 2 is 2.00 bits per heavy atom. The maximum Gasteiger partial charge on any atom is 0.180 e. The molecule has 0 amide bonds. The number of benzene rings is 1. The number of ether oxygens (including phenoxy) is 2. The number of carbonyl (C=O) groups excluding carboxylic acids is 1. The van der Waals surface area contributed by atoms with Gasteiger partial charge in [0, 0.05) is 36.8 Å². The molecule has 1 aromatic carbocycles. The van der Waals surface area contributed by atoms with Crippen LogP contribution in [0.4, 0.5) is 11.4 Å². The third-order valence-corrected chi connectivity index (χ3v) is 4.59. The highest BCUT2D eigenvalue weighted by Gasteiger charge is 2.27. The van der Waals surface area contributed by atoms with Gasteiger partial charge in [0.1, 0.15) is 12.4 Å². The van der Waals surface area contributed by atoms with Crippen LogP contribution in [0.1, 0.15) is 16.1 Å². The van der Waals surface area contributed by atoms with Gasteiger partial charge < -0.3 is 25.1 Å². The van der Waals surface area contributed by atoms with Crippen molar-refractivity contribution >= 4 is 17.2 Å². The summed E-state index contributed by atoms with van der Waals surface area (Å²) in [5.74, 6) is 0.688. The molecule has 1 aliphatic rings. The van der Waals surface area contributed by atoms with E-state index in [0.717, 1.165) is 28.3 Å². The highest BCUT2D eigenvalue weighted by atomic mass is 16.5. The van der Waals surface area contributed by atoms with Crippen LogP contribution in [-0.4, -0.2) is 42.6 Å². The van der Waals surface area contributed by atoms with Crippen molar-refractivity contribution in [3.63, 3.8) is 0 Å². The molecule has 7 nitrogen and oxygen atoms in total. The van der Waals surface area contributed by atoms with Crippen LogP contribution < -0.4 is 15.4 Å². The molecular weight excluding hydrogens is 356 g/mol. The molecule has 0 fully saturated rings. The molecule has 0 bridgehead atoms. The van der Waals surface area contributed by atoms with Crippen molar-refractivity contribution in [3.8, 4) is 17.0 Å². The van der Waals surface area contributed by atoms with Gasteiger partial charge in [0.25, 0.3) is 0 Å². The van der Waals surface area contributed by atoms with Crippen molar-refractivity contribution in [2.24, 2.45) is 0 Å². The van der Waals surface area contributed by atoms with Gasteiger partial charge in [0.05, 0.1) is 36.3 Å². The molecule has 0 radical (unpaired) electrons. The molecule has 1 aliphatic heterocycles. The van der Waals surface area contributed by atoms with Gasteiger partial charge in [-0.2, -0.15) is 0 Å². The number of carbonyl (C=O) groups is 1. The second-order valence-corrected chi connectivity index (χ2v) is 6.46. The van der Waals surface area contributed by atoms with E-state index in [0.29, 0.717) is 37.6 Å². The zero-order valence-electron chi connectivity index (χ0n) is 15.6. The van der Waals surface area contributed by atoms with Gasteiger partial charge >= 0.3 is 0 Å². The molecule has 0 saturated carbocycles. The number of nitrogens with one attached hydrogen (secondary N) is 3. The molecule has 0 spiro atoms. The van der Waals surface area contributed by atoms with Crippen molar-refractivity contribution in [2.75, 3.05) is 32.2 Å². The van der Waals surface area contributed by atoms with Crippen molar-refractivity contribution in [2.45, 2.75) is 6.54 Å². The molecule has 3 aromatic rings. The number of pyridine rings is 1. The van der Waals surface area contributed by atoms with E-state index in [-0.39, 0.29) is 5.78 Å². The van der Waals surface area contributed by atoms with Crippen LogP contribution in [0, 0.1) is 0 Å². The van der Waals surface area contributed by atoms with Crippen molar-refractivity contribution in [1.82, 2.24) is 15.3 Å². The number of H-pyrrole nitrogens is 1. The highest BCUT2D eigenvalue weighted by Crippen LogP contribution is 2.40. The fraction of sp³-hybridized carbons (Fsp3) is 0.238. The second kappa shape index (κ2) is 8.24. The first-order chi connectivity index (χ1) is 13.8. The Labute approximate surface area is 163 Å². The molecule has 0 saturated heterocycles. The van der Waals surface area contributed by atoms with Crippen LogP contribution >= 0.6 is 0 Å². The van der Waals surface area contributed by atoms with Crippen LogP contribution in [0.5, 0.6) is 5.75 Å². The largest absolute Gasteiger partial charge is 0.489 e. The monoisotopic (exact) mass is 378 g/mol. The van der Waals surface area contributed by atoms with Crippen LogP contribution in [0.15, 0.2) is 48.8 Å². The number of aromatic amines is 1. The number of anilines is 2. The number of Topliss-reactive ketones (excluding diaryl/α,β-unsaturated/α-hetero) is 1. The topological polar surface area (TPSA) is 88.3 Å². The molecule has 7 heteroatoms. The molecule has 28 heavy (non-hydrogen) atoms. The fourth-order valence-corrected chi connectivity index (χ4v) is 3.31. The number of aromatic nitrogens is 2. The van der Waals surface area contributed by atoms with E-state index in [4.69, 9.17) is 9.47 Å². The molecular formula is C21H22N4O3. The highest BCUT2D eigenvalue weighted by molar-refractivity contribution is 6.08. The summed E-state index contributed by atoms with van der Waals surface area (Å²) in [5, 5.41) is 6.56. The number of fused-ring (bicyclic) bond motifs is 1. The minimum atomic E-state index is 0.0538. The molecule has 2 aromatic heterocycles. The number of ketones is 1. The lowest BCUT2D eigenvalue weighted by molar-refractivity contribution is 0.0983. The number of para-hydroxylation sites is 1. The average Bonchev–Trinajstić information content (AvgIpc) is 3.09. The van der Waals surface area contributed by atoms with Gasteiger partial charge in [0.15, 0.2) is 5.78 Å². The van der Waals surface area contributed by atoms with Crippen LogP contribution in [-0.2, 0) is 11.3 Å². The predicted molar refractivity (Wildman–Crippen MR) is 107 cm³/mol. The van der Waals surface area contributed by atoms with E-state index in [1.54, 1.807) is 19.5 Å². The van der Waals surface area contributed by atoms with Crippen molar-refractivity contribution < 1.29 is 14.3 Å². The Kier molecular flexibility index (Phi) is 5.36. The number of rotatable bonds is 7. The van der Waals surface area contributed by atoms with Gasteiger partial charge in [-0.05, 0) is 18.2 Å². The Morgan fingerprint density at radius 3 is 2.82 bits per heavy atom. The number of methoxy groups -OCH3 is 1. The van der Waals surface area contributed by atoms with E-state index < -0.39 is 0 Å². The van der Waals surface area contributed by atoms with Gasteiger partial charge in [-0.1, -0.05) is 18.2 Å². The Bertz CT molecular complexity index is 969.